The molecule has 1 fully saturated rings. The summed E-state index contributed by atoms with van der Waals surface area (Å²) in [4.78, 5) is 6.69. The average Bonchev–Trinajstić information content (AvgIpc) is 3.19. The SMILES string of the molecule is COc1cnc(C)cc1NCC(C)N(C)C1CC1. The molecule has 1 aromatic rings. The van der Waals surface area contributed by atoms with Gasteiger partial charge >= 0.3 is 0 Å². The highest BCUT2D eigenvalue weighted by Crippen LogP contribution is 2.28. The van der Waals surface area contributed by atoms with Crippen LogP contribution in [-0.4, -0.2) is 42.7 Å². The van der Waals surface area contributed by atoms with Gasteiger partial charge < -0.3 is 10.1 Å². The van der Waals surface area contributed by atoms with Gasteiger partial charge in [-0.25, -0.2) is 0 Å². The van der Waals surface area contributed by atoms with E-state index in [0.717, 1.165) is 29.7 Å². The molecule has 100 valence electrons. The fourth-order valence-electron chi connectivity index (χ4n) is 2.09. The van der Waals surface area contributed by atoms with Crippen molar-refractivity contribution in [3.8, 4) is 5.75 Å². The molecule has 1 saturated carbocycles. The van der Waals surface area contributed by atoms with E-state index < -0.39 is 0 Å². The maximum absolute atomic E-state index is 5.31. The molecule has 1 atom stereocenters. The van der Waals surface area contributed by atoms with Gasteiger partial charge in [0.25, 0.3) is 0 Å². The molecule has 1 aliphatic rings. The lowest BCUT2D eigenvalue weighted by Gasteiger charge is -2.25. The van der Waals surface area contributed by atoms with Gasteiger partial charge in [0, 0.05) is 24.3 Å². The zero-order chi connectivity index (χ0) is 13.1. The predicted molar refractivity (Wildman–Crippen MR) is 74.3 cm³/mol. The summed E-state index contributed by atoms with van der Waals surface area (Å²) in [6.45, 7) is 5.17. The number of aromatic nitrogens is 1. The number of methoxy groups -OCH3 is 1. The first-order valence-corrected chi connectivity index (χ1v) is 6.58. The minimum absolute atomic E-state index is 0.524. The van der Waals surface area contributed by atoms with E-state index in [1.54, 1.807) is 13.3 Å². The molecule has 1 heterocycles. The summed E-state index contributed by atoms with van der Waals surface area (Å²) in [6, 6.07) is 3.35. The van der Waals surface area contributed by atoms with E-state index in [4.69, 9.17) is 4.74 Å². The van der Waals surface area contributed by atoms with Gasteiger partial charge in [-0.2, -0.15) is 0 Å². The van der Waals surface area contributed by atoms with Crippen molar-refractivity contribution in [2.75, 3.05) is 26.0 Å². The lowest BCUT2D eigenvalue weighted by atomic mass is 10.2. The number of hydrogen-bond acceptors (Lipinski definition) is 4. The van der Waals surface area contributed by atoms with Gasteiger partial charge in [0.2, 0.25) is 0 Å². The molecule has 0 amide bonds. The average molecular weight is 249 g/mol. The van der Waals surface area contributed by atoms with Crippen molar-refractivity contribution in [2.45, 2.75) is 38.8 Å². The largest absolute Gasteiger partial charge is 0.493 e. The summed E-state index contributed by atoms with van der Waals surface area (Å²) in [5.41, 5.74) is 2.03. The monoisotopic (exact) mass is 249 g/mol. The van der Waals surface area contributed by atoms with E-state index in [1.165, 1.54) is 12.8 Å². The van der Waals surface area contributed by atoms with Crippen molar-refractivity contribution in [3.63, 3.8) is 0 Å². The summed E-state index contributed by atoms with van der Waals surface area (Å²) in [7, 11) is 3.89. The van der Waals surface area contributed by atoms with Gasteiger partial charge in [0.15, 0.2) is 5.75 Å². The van der Waals surface area contributed by atoms with Gasteiger partial charge in [0.05, 0.1) is 19.0 Å². The maximum Gasteiger partial charge on any atom is 0.160 e. The Balaban J connectivity index is 1.94. The molecule has 0 aliphatic heterocycles. The molecule has 0 radical (unpaired) electrons. The standard InChI is InChI=1S/C14H23N3O/c1-10-7-13(14(18-4)9-15-10)16-8-11(2)17(3)12-5-6-12/h7,9,11-12H,5-6,8H2,1-4H3,(H,15,16). The number of hydrogen-bond donors (Lipinski definition) is 1. The van der Waals surface area contributed by atoms with Crippen molar-refractivity contribution in [2.24, 2.45) is 0 Å². The van der Waals surface area contributed by atoms with E-state index in [9.17, 15) is 0 Å². The Kier molecular flexibility index (Phi) is 4.07. The minimum atomic E-state index is 0.524. The first-order valence-electron chi connectivity index (χ1n) is 6.58. The van der Waals surface area contributed by atoms with Crippen molar-refractivity contribution in [3.05, 3.63) is 18.0 Å². The van der Waals surface area contributed by atoms with Crippen LogP contribution in [0.25, 0.3) is 0 Å². The Morgan fingerprint density at radius 3 is 2.89 bits per heavy atom. The molecule has 1 unspecified atom stereocenters. The van der Waals surface area contributed by atoms with Gasteiger partial charge in [-0.1, -0.05) is 0 Å². The molecular weight excluding hydrogens is 226 g/mol. The molecule has 4 nitrogen and oxygen atoms in total. The summed E-state index contributed by atoms with van der Waals surface area (Å²) in [5.74, 6) is 0.807. The highest BCUT2D eigenvalue weighted by molar-refractivity contribution is 5.55. The van der Waals surface area contributed by atoms with Crippen molar-refractivity contribution < 1.29 is 4.74 Å². The molecule has 4 heteroatoms. The van der Waals surface area contributed by atoms with Crippen LogP contribution >= 0.6 is 0 Å². The Morgan fingerprint density at radius 1 is 1.56 bits per heavy atom. The Labute approximate surface area is 109 Å². The first kappa shape index (κ1) is 13.1. The summed E-state index contributed by atoms with van der Waals surface area (Å²) in [6.07, 6.45) is 4.46. The Morgan fingerprint density at radius 2 is 2.28 bits per heavy atom. The molecule has 0 saturated heterocycles. The third kappa shape index (κ3) is 3.13. The maximum atomic E-state index is 5.31. The van der Waals surface area contributed by atoms with Gasteiger partial charge in [-0.15, -0.1) is 0 Å². The van der Waals surface area contributed by atoms with E-state index in [1.807, 2.05) is 13.0 Å². The van der Waals surface area contributed by atoms with Crippen LogP contribution in [0.2, 0.25) is 0 Å². The van der Waals surface area contributed by atoms with Gasteiger partial charge in [0.1, 0.15) is 0 Å². The lowest BCUT2D eigenvalue weighted by molar-refractivity contribution is 0.257. The number of rotatable bonds is 6. The van der Waals surface area contributed by atoms with Crippen molar-refractivity contribution in [1.29, 1.82) is 0 Å². The Bertz CT molecular complexity index is 404. The highest BCUT2D eigenvalue weighted by Gasteiger charge is 2.28. The molecule has 1 aliphatic carbocycles. The summed E-state index contributed by atoms with van der Waals surface area (Å²) >= 11 is 0. The number of anilines is 1. The third-order valence-corrected chi connectivity index (χ3v) is 3.63. The quantitative estimate of drug-likeness (QED) is 0.839. The van der Waals surface area contributed by atoms with E-state index >= 15 is 0 Å². The number of aryl methyl sites for hydroxylation is 1. The van der Waals surface area contributed by atoms with Crippen molar-refractivity contribution in [1.82, 2.24) is 9.88 Å². The molecule has 0 spiro atoms. The number of ether oxygens (including phenoxy) is 1. The minimum Gasteiger partial charge on any atom is -0.493 e. The van der Waals surface area contributed by atoms with Crippen LogP contribution in [0.15, 0.2) is 12.3 Å². The second-order valence-electron chi connectivity index (χ2n) is 5.15. The Hall–Kier alpha value is -1.29. The van der Waals surface area contributed by atoms with E-state index in [-0.39, 0.29) is 0 Å². The second-order valence-corrected chi connectivity index (χ2v) is 5.15. The van der Waals surface area contributed by atoms with Gasteiger partial charge in [-0.05, 0) is 39.8 Å². The molecule has 2 rings (SSSR count). The second kappa shape index (κ2) is 5.57. The zero-order valence-corrected chi connectivity index (χ0v) is 11.7. The molecule has 18 heavy (non-hydrogen) atoms. The number of nitrogens with one attached hydrogen (secondary N) is 1. The highest BCUT2D eigenvalue weighted by atomic mass is 16.5. The first-order chi connectivity index (χ1) is 8.61. The molecule has 1 aromatic heterocycles. The number of nitrogens with zero attached hydrogens (tertiary/aromatic N) is 2. The zero-order valence-electron chi connectivity index (χ0n) is 11.7. The van der Waals surface area contributed by atoms with Crippen LogP contribution in [0.1, 0.15) is 25.5 Å². The molecule has 0 bridgehead atoms. The number of pyridine rings is 1. The molecule has 1 N–H and O–H groups in total. The van der Waals surface area contributed by atoms with E-state index in [2.05, 4.69) is 29.2 Å². The number of likely N-dealkylation sites (N-methyl/N-ethyl adjacent to an activating group) is 1. The molecule has 0 aromatic carbocycles. The topological polar surface area (TPSA) is 37.4 Å². The van der Waals surface area contributed by atoms with E-state index in [0.29, 0.717) is 6.04 Å². The van der Waals surface area contributed by atoms with Crippen LogP contribution in [-0.2, 0) is 0 Å². The smallest absolute Gasteiger partial charge is 0.160 e. The molecular formula is C14H23N3O. The predicted octanol–water partition coefficient (Wildman–Crippen LogP) is 2.29. The van der Waals surface area contributed by atoms with Crippen LogP contribution < -0.4 is 10.1 Å². The fourth-order valence-corrected chi connectivity index (χ4v) is 2.09. The van der Waals surface area contributed by atoms with Crippen molar-refractivity contribution >= 4 is 5.69 Å². The van der Waals surface area contributed by atoms with Gasteiger partial charge in [-0.3, -0.25) is 9.88 Å². The van der Waals surface area contributed by atoms with Crippen LogP contribution in [0.3, 0.4) is 0 Å². The third-order valence-electron chi connectivity index (χ3n) is 3.63. The normalized spacial score (nSPS) is 16.7. The van der Waals surface area contributed by atoms with Crippen LogP contribution in [0.4, 0.5) is 5.69 Å². The van der Waals surface area contributed by atoms with Crippen LogP contribution in [0.5, 0.6) is 5.75 Å². The van der Waals surface area contributed by atoms with Crippen LogP contribution in [0, 0.1) is 6.92 Å². The summed E-state index contributed by atoms with van der Waals surface area (Å²) in [5, 5.41) is 3.46. The summed E-state index contributed by atoms with van der Waals surface area (Å²) < 4.78 is 5.31. The fraction of sp³-hybridized carbons (Fsp3) is 0.643. The lowest BCUT2D eigenvalue weighted by Crippen LogP contribution is -2.36.